The Morgan fingerprint density at radius 2 is 1.70 bits per heavy atom. The zero-order valence-corrected chi connectivity index (χ0v) is 13.2. The molecule has 0 aliphatic carbocycles. The summed E-state index contributed by atoms with van der Waals surface area (Å²) in [6, 6.07) is 5.91. The van der Waals surface area contributed by atoms with E-state index in [0.29, 0.717) is 12.1 Å². The summed E-state index contributed by atoms with van der Waals surface area (Å²) >= 11 is 0. The second-order valence-corrected chi connectivity index (χ2v) is 7.39. The van der Waals surface area contributed by atoms with Gasteiger partial charge in [0.15, 0.2) is 0 Å². The van der Waals surface area contributed by atoms with Gasteiger partial charge in [-0.3, -0.25) is 4.79 Å². The van der Waals surface area contributed by atoms with Crippen LogP contribution in [0.1, 0.15) is 44.5 Å². The Kier molecular flexibility index (Phi) is 5.30. The summed E-state index contributed by atoms with van der Waals surface area (Å²) < 4.78 is 26.3. The Balaban J connectivity index is 2.86. The van der Waals surface area contributed by atoms with Gasteiger partial charge in [0.05, 0.1) is 4.90 Å². The maximum absolute atomic E-state index is 11.9. The zero-order valence-electron chi connectivity index (χ0n) is 12.4. The first-order valence-electron chi connectivity index (χ1n) is 6.58. The van der Waals surface area contributed by atoms with Gasteiger partial charge in [0.1, 0.15) is 0 Å². The van der Waals surface area contributed by atoms with Crippen LogP contribution in [0.15, 0.2) is 29.2 Å². The van der Waals surface area contributed by atoms with Crippen molar-refractivity contribution >= 4 is 15.9 Å². The van der Waals surface area contributed by atoms with Crippen LogP contribution in [0.5, 0.6) is 0 Å². The summed E-state index contributed by atoms with van der Waals surface area (Å²) in [5.74, 6) is -0.219. The second-order valence-electron chi connectivity index (χ2n) is 5.63. The Labute approximate surface area is 120 Å². The number of hydrogen-bond donors (Lipinski definition) is 2. The molecule has 0 saturated carbocycles. The van der Waals surface area contributed by atoms with Gasteiger partial charge in [-0.2, -0.15) is 0 Å². The van der Waals surface area contributed by atoms with E-state index < -0.39 is 10.0 Å². The minimum atomic E-state index is -3.48. The molecule has 0 heterocycles. The molecule has 1 aromatic carbocycles. The van der Waals surface area contributed by atoms with E-state index in [9.17, 15) is 13.2 Å². The van der Waals surface area contributed by atoms with Crippen LogP contribution >= 0.6 is 0 Å². The third-order valence-electron chi connectivity index (χ3n) is 2.46. The fourth-order valence-corrected chi connectivity index (χ4v) is 2.65. The number of amides is 1. The van der Waals surface area contributed by atoms with E-state index in [1.807, 2.05) is 27.7 Å². The van der Waals surface area contributed by atoms with Crippen molar-refractivity contribution in [3.8, 4) is 0 Å². The average Bonchev–Trinajstić information content (AvgIpc) is 2.34. The third kappa shape index (κ3) is 4.94. The Morgan fingerprint density at radius 1 is 1.15 bits per heavy atom. The molecular formula is C14H22N2O3S. The first-order chi connectivity index (χ1) is 9.15. The molecule has 5 nitrogen and oxygen atoms in total. The van der Waals surface area contributed by atoms with Crippen LogP contribution in [0.25, 0.3) is 0 Å². The summed E-state index contributed by atoms with van der Waals surface area (Å²) in [5, 5.41) is 2.82. The molecule has 0 fully saturated rings. The van der Waals surface area contributed by atoms with Crippen molar-refractivity contribution in [2.45, 2.75) is 44.6 Å². The molecular weight excluding hydrogens is 276 g/mol. The van der Waals surface area contributed by atoms with Crippen LogP contribution in [0.3, 0.4) is 0 Å². The molecule has 0 saturated heterocycles. The molecule has 0 aliphatic heterocycles. The molecule has 0 aromatic heterocycles. The van der Waals surface area contributed by atoms with E-state index in [4.69, 9.17) is 0 Å². The largest absolute Gasteiger partial charge is 0.347 e. The predicted octanol–water partition coefficient (Wildman–Crippen LogP) is 1.90. The summed E-state index contributed by atoms with van der Waals surface area (Å²) in [6.07, 6.45) is 0.727. The highest BCUT2D eigenvalue weighted by Gasteiger charge is 2.17. The molecule has 0 aliphatic rings. The first-order valence-corrected chi connectivity index (χ1v) is 8.06. The molecule has 0 spiro atoms. The molecule has 1 amide bonds. The summed E-state index contributed by atoms with van der Waals surface area (Å²) in [7, 11) is -3.48. The quantitative estimate of drug-likeness (QED) is 0.872. The van der Waals surface area contributed by atoms with Crippen molar-refractivity contribution in [3.63, 3.8) is 0 Å². The SMILES string of the molecule is CCCNS(=O)(=O)c1ccc(C(=O)NC(C)(C)C)cc1. The van der Waals surface area contributed by atoms with Crippen LogP contribution in [0.4, 0.5) is 0 Å². The van der Waals surface area contributed by atoms with Crippen LogP contribution in [-0.2, 0) is 10.0 Å². The maximum Gasteiger partial charge on any atom is 0.251 e. The van der Waals surface area contributed by atoms with E-state index in [1.54, 1.807) is 0 Å². The van der Waals surface area contributed by atoms with Gasteiger partial charge in [0, 0.05) is 17.6 Å². The van der Waals surface area contributed by atoms with Gasteiger partial charge in [-0.1, -0.05) is 6.92 Å². The van der Waals surface area contributed by atoms with Crippen molar-refractivity contribution in [1.29, 1.82) is 0 Å². The molecule has 112 valence electrons. The summed E-state index contributed by atoms with van der Waals surface area (Å²) in [5.41, 5.74) is 0.110. The molecule has 1 rings (SSSR count). The van der Waals surface area contributed by atoms with E-state index in [-0.39, 0.29) is 16.3 Å². The fourth-order valence-electron chi connectivity index (χ4n) is 1.52. The molecule has 0 radical (unpaired) electrons. The lowest BCUT2D eigenvalue weighted by molar-refractivity contribution is 0.0919. The van der Waals surface area contributed by atoms with E-state index >= 15 is 0 Å². The van der Waals surface area contributed by atoms with Crippen molar-refractivity contribution in [3.05, 3.63) is 29.8 Å². The highest BCUT2D eigenvalue weighted by Crippen LogP contribution is 2.11. The van der Waals surface area contributed by atoms with Gasteiger partial charge in [0.25, 0.3) is 5.91 Å². The number of rotatable bonds is 5. The Bertz CT molecular complexity index is 557. The van der Waals surface area contributed by atoms with Crippen molar-refractivity contribution in [2.75, 3.05) is 6.54 Å². The minimum Gasteiger partial charge on any atom is -0.347 e. The number of nitrogens with one attached hydrogen (secondary N) is 2. The first kappa shape index (κ1) is 16.7. The van der Waals surface area contributed by atoms with Crippen molar-refractivity contribution in [1.82, 2.24) is 10.0 Å². The lowest BCUT2D eigenvalue weighted by Crippen LogP contribution is -2.40. The van der Waals surface area contributed by atoms with Gasteiger partial charge in [0.2, 0.25) is 10.0 Å². The van der Waals surface area contributed by atoms with Gasteiger partial charge in [-0.25, -0.2) is 13.1 Å². The minimum absolute atomic E-state index is 0.165. The van der Waals surface area contributed by atoms with E-state index in [0.717, 1.165) is 6.42 Å². The van der Waals surface area contributed by atoms with Crippen molar-refractivity contribution in [2.24, 2.45) is 0 Å². The third-order valence-corrected chi connectivity index (χ3v) is 3.93. The van der Waals surface area contributed by atoms with Crippen LogP contribution < -0.4 is 10.0 Å². The van der Waals surface area contributed by atoms with Crippen LogP contribution in [0.2, 0.25) is 0 Å². The zero-order chi connectivity index (χ0) is 15.4. The Hall–Kier alpha value is -1.40. The lowest BCUT2D eigenvalue weighted by atomic mass is 10.1. The maximum atomic E-state index is 11.9. The van der Waals surface area contributed by atoms with Gasteiger partial charge < -0.3 is 5.32 Å². The van der Waals surface area contributed by atoms with E-state index in [2.05, 4.69) is 10.0 Å². The highest BCUT2D eigenvalue weighted by atomic mass is 32.2. The summed E-state index contributed by atoms with van der Waals surface area (Å²) in [4.78, 5) is 12.1. The standard InChI is InChI=1S/C14H22N2O3S/c1-5-10-15-20(18,19)12-8-6-11(7-9-12)13(17)16-14(2,3)4/h6-9,15H,5,10H2,1-4H3,(H,16,17). The number of hydrogen-bond acceptors (Lipinski definition) is 3. The second kappa shape index (κ2) is 6.37. The van der Waals surface area contributed by atoms with Crippen LogP contribution in [-0.4, -0.2) is 26.4 Å². The predicted molar refractivity (Wildman–Crippen MR) is 79.1 cm³/mol. The lowest BCUT2D eigenvalue weighted by Gasteiger charge is -2.20. The van der Waals surface area contributed by atoms with Gasteiger partial charge in [-0.05, 0) is 51.5 Å². The Morgan fingerprint density at radius 3 is 2.15 bits per heavy atom. The number of sulfonamides is 1. The van der Waals surface area contributed by atoms with Crippen LogP contribution in [0, 0.1) is 0 Å². The monoisotopic (exact) mass is 298 g/mol. The number of carbonyl (C=O) groups excluding carboxylic acids is 1. The normalized spacial score (nSPS) is 12.2. The molecule has 6 heteroatoms. The van der Waals surface area contributed by atoms with Gasteiger partial charge >= 0.3 is 0 Å². The molecule has 1 aromatic rings. The van der Waals surface area contributed by atoms with E-state index in [1.165, 1.54) is 24.3 Å². The number of carbonyl (C=O) groups is 1. The molecule has 0 bridgehead atoms. The fraction of sp³-hybridized carbons (Fsp3) is 0.500. The topological polar surface area (TPSA) is 75.3 Å². The summed E-state index contributed by atoms with van der Waals surface area (Å²) in [6.45, 7) is 7.95. The molecule has 0 atom stereocenters. The highest BCUT2D eigenvalue weighted by molar-refractivity contribution is 7.89. The smallest absolute Gasteiger partial charge is 0.251 e. The van der Waals surface area contributed by atoms with Crippen molar-refractivity contribution < 1.29 is 13.2 Å². The molecule has 20 heavy (non-hydrogen) atoms. The molecule has 0 unspecified atom stereocenters. The van der Waals surface area contributed by atoms with Gasteiger partial charge in [-0.15, -0.1) is 0 Å². The number of benzene rings is 1. The average molecular weight is 298 g/mol. The molecule has 2 N–H and O–H groups in total.